The highest BCUT2D eigenvalue weighted by atomic mass is 16.6. The fourth-order valence-corrected chi connectivity index (χ4v) is 5.45. The predicted octanol–water partition coefficient (Wildman–Crippen LogP) is 2.63. The van der Waals surface area contributed by atoms with Crippen LogP contribution in [0.5, 0.6) is 0 Å². The van der Waals surface area contributed by atoms with E-state index >= 15 is 0 Å². The van der Waals surface area contributed by atoms with Gasteiger partial charge in [-0.2, -0.15) is 0 Å². The predicted molar refractivity (Wildman–Crippen MR) is 108 cm³/mol. The molecule has 2 heterocycles. The number of hydrogen-bond acceptors (Lipinski definition) is 7. The van der Waals surface area contributed by atoms with Gasteiger partial charge in [-0.05, 0) is 18.4 Å². The molecule has 8 nitrogen and oxygen atoms in total. The smallest absolute Gasteiger partial charge is 0.411 e. The Kier molecular flexibility index (Phi) is 5.73. The van der Waals surface area contributed by atoms with Gasteiger partial charge < -0.3 is 14.2 Å². The van der Waals surface area contributed by atoms with Crippen LogP contribution < -0.4 is 0 Å². The Morgan fingerprint density at radius 2 is 1.97 bits per heavy atom. The van der Waals surface area contributed by atoms with Crippen molar-refractivity contribution in [2.45, 2.75) is 63.3 Å². The van der Waals surface area contributed by atoms with E-state index in [2.05, 4.69) is 0 Å². The fraction of sp³-hybridized carbons (Fsp3) is 0.565. The van der Waals surface area contributed by atoms with Gasteiger partial charge in [-0.15, -0.1) is 0 Å². The van der Waals surface area contributed by atoms with Gasteiger partial charge in [0.1, 0.15) is 24.0 Å². The zero-order valence-electron chi connectivity index (χ0n) is 17.7. The lowest BCUT2D eigenvalue weighted by Gasteiger charge is -2.43. The van der Waals surface area contributed by atoms with Gasteiger partial charge in [0, 0.05) is 12.3 Å². The first-order chi connectivity index (χ1) is 14.9. The van der Waals surface area contributed by atoms with E-state index < -0.39 is 41.6 Å². The summed E-state index contributed by atoms with van der Waals surface area (Å²) in [6.45, 7) is 2.04. The van der Waals surface area contributed by atoms with Crippen molar-refractivity contribution >= 4 is 23.8 Å². The number of carbonyl (C=O) groups excluding carboxylic acids is 4. The number of ether oxygens (including phenoxy) is 3. The molecule has 1 spiro atoms. The van der Waals surface area contributed by atoms with Gasteiger partial charge in [0.05, 0.1) is 25.5 Å². The summed E-state index contributed by atoms with van der Waals surface area (Å²) in [7, 11) is 1.25. The lowest BCUT2D eigenvalue weighted by molar-refractivity contribution is -0.158. The molecule has 0 aromatic heterocycles. The van der Waals surface area contributed by atoms with Crippen LogP contribution in [0.3, 0.4) is 0 Å². The summed E-state index contributed by atoms with van der Waals surface area (Å²) >= 11 is 0. The van der Waals surface area contributed by atoms with Crippen LogP contribution in [0, 0.1) is 11.8 Å². The zero-order chi connectivity index (χ0) is 22.2. The molecule has 0 N–H and O–H groups in total. The summed E-state index contributed by atoms with van der Waals surface area (Å²) in [5.41, 5.74) is -0.379. The number of methoxy groups -OCH3 is 1. The topological polar surface area (TPSA) is 99.2 Å². The molecule has 5 atom stereocenters. The summed E-state index contributed by atoms with van der Waals surface area (Å²) in [5.74, 6) is -2.03. The van der Waals surface area contributed by atoms with E-state index in [0.717, 1.165) is 12.0 Å². The minimum absolute atomic E-state index is 0.00734. The van der Waals surface area contributed by atoms with Crippen molar-refractivity contribution in [3.8, 4) is 0 Å². The number of Topliss-reactive ketones (excluding diaryl/α,β-unsaturated/α-hetero) is 1. The van der Waals surface area contributed by atoms with Gasteiger partial charge in [-0.1, -0.05) is 43.7 Å². The SMILES string of the molecule is CCCC1C[C@H]2N(C(=O)OCc3ccccc3)[C@H](C(=O)OC)C[C@]23OC(=O)C[C@@H]3C1=O. The molecule has 1 aliphatic carbocycles. The van der Waals surface area contributed by atoms with E-state index in [1.54, 1.807) is 0 Å². The number of nitrogens with zero attached hydrogens (tertiary/aromatic N) is 1. The molecule has 1 aromatic carbocycles. The molecule has 3 fully saturated rings. The van der Waals surface area contributed by atoms with Crippen LogP contribution in [0.15, 0.2) is 30.3 Å². The number of benzene rings is 1. The fourth-order valence-electron chi connectivity index (χ4n) is 5.45. The molecule has 8 heteroatoms. The van der Waals surface area contributed by atoms with E-state index in [4.69, 9.17) is 14.2 Å². The van der Waals surface area contributed by atoms with Crippen molar-refractivity contribution in [3.05, 3.63) is 35.9 Å². The second kappa shape index (κ2) is 8.32. The van der Waals surface area contributed by atoms with Gasteiger partial charge in [0.2, 0.25) is 0 Å². The van der Waals surface area contributed by atoms with Crippen LogP contribution in [-0.2, 0) is 35.2 Å². The maximum atomic E-state index is 13.2. The Morgan fingerprint density at radius 3 is 2.65 bits per heavy atom. The number of ketones is 1. The number of hydrogen-bond donors (Lipinski definition) is 0. The average molecular weight is 429 g/mol. The van der Waals surface area contributed by atoms with Crippen LogP contribution in [0.2, 0.25) is 0 Å². The Hall–Kier alpha value is -2.90. The molecule has 2 saturated heterocycles. The van der Waals surface area contributed by atoms with Crippen molar-refractivity contribution in [2.75, 3.05) is 7.11 Å². The molecule has 0 bridgehead atoms. The highest BCUT2D eigenvalue weighted by molar-refractivity contribution is 5.94. The number of carbonyl (C=O) groups is 4. The molecule has 1 saturated carbocycles. The normalized spacial score (nSPS) is 31.6. The molecule has 3 aliphatic rings. The van der Waals surface area contributed by atoms with Crippen LogP contribution in [0.25, 0.3) is 0 Å². The largest absolute Gasteiger partial charge is 0.467 e. The van der Waals surface area contributed by atoms with Crippen molar-refractivity contribution < 1.29 is 33.4 Å². The zero-order valence-corrected chi connectivity index (χ0v) is 17.7. The quantitative estimate of drug-likeness (QED) is 0.524. The molecule has 1 unspecified atom stereocenters. The highest BCUT2D eigenvalue weighted by Crippen LogP contribution is 2.54. The second-order valence-corrected chi connectivity index (χ2v) is 8.52. The van der Waals surface area contributed by atoms with Crippen molar-refractivity contribution in [3.63, 3.8) is 0 Å². The third kappa shape index (κ3) is 3.58. The molecule has 0 radical (unpaired) electrons. The Labute approximate surface area is 180 Å². The van der Waals surface area contributed by atoms with Gasteiger partial charge >= 0.3 is 18.0 Å². The molecule has 4 rings (SSSR count). The van der Waals surface area contributed by atoms with Gasteiger partial charge in [0.25, 0.3) is 0 Å². The molecular weight excluding hydrogens is 402 g/mol. The Morgan fingerprint density at radius 1 is 1.23 bits per heavy atom. The third-order valence-corrected chi connectivity index (χ3v) is 6.79. The van der Waals surface area contributed by atoms with Crippen molar-refractivity contribution in [1.29, 1.82) is 0 Å². The van der Waals surface area contributed by atoms with Crippen LogP contribution in [0.1, 0.15) is 44.6 Å². The van der Waals surface area contributed by atoms with E-state index in [1.807, 2.05) is 37.3 Å². The molecule has 166 valence electrons. The number of likely N-dealkylation sites (tertiary alicyclic amines) is 1. The van der Waals surface area contributed by atoms with Crippen molar-refractivity contribution in [2.24, 2.45) is 11.8 Å². The first-order valence-electron chi connectivity index (χ1n) is 10.7. The average Bonchev–Trinajstić information content (AvgIpc) is 3.28. The number of amides is 1. The van der Waals surface area contributed by atoms with Crippen LogP contribution >= 0.6 is 0 Å². The molecule has 31 heavy (non-hydrogen) atoms. The van der Waals surface area contributed by atoms with E-state index in [0.29, 0.717) is 12.8 Å². The Bertz CT molecular complexity index is 885. The number of esters is 2. The van der Waals surface area contributed by atoms with E-state index in [9.17, 15) is 19.2 Å². The number of rotatable bonds is 5. The maximum Gasteiger partial charge on any atom is 0.411 e. The van der Waals surface area contributed by atoms with Gasteiger partial charge in [-0.3, -0.25) is 14.5 Å². The van der Waals surface area contributed by atoms with Gasteiger partial charge in [0.15, 0.2) is 0 Å². The van der Waals surface area contributed by atoms with Crippen LogP contribution in [-0.4, -0.2) is 53.5 Å². The summed E-state index contributed by atoms with van der Waals surface area (Å²) in [5, 5.41) is 0. The standard InChI is InChI=1S/C23H27NO7/c1-3-7-15-10-18-23(16(20(15)26)11-19(25)31-23)12-17(21(27)29-2)24(18)22(28)30-13-14-8-5-4-6-9-14/h4-6,8-9,15-18H,3,7,10-13H2,1-2H3/t15?,16-,17+,18-,23-/m1/s1. The first kappa shape index (κ1) is 21.3. The summed E-state index contributed by atoms with van der Waals surface area (Å²) in [6.07, 6.45) is 1.15. The van der Waals surface area contributed by atoms with E-state index in [-0.39, 0.29) is 31.1 Å². The summed E-state index contributed by atoms with van der Waals surface area (Å²) < 4.78 is 16.2. The minimum atomic E-state index is -1.19. The molecule has 2 aliphatic heterocycles. The van der Waals surface area contributed by atoms with Crippen LogP contribution in [0.4, 0.5) is 4.79 Å². The first-order valence-corrected chi connectivity index (χ1v) is 10.7. The summed E-state index contributed by atoms with van der Waals surface area (Å²) in [4.78, 5) is 52.5. The lowest BCUT2D eigenvalue weighted by atomic mass is 9.66. The molecule has 1 amide bonds. The Balaban J connectivity index is 1.66. The lowest BCUT2D eigenvalue weighted by Crippen LogP contribution is -2.58. The second-order valence-electron chi connectivity index (χ2n) is 8.52. The third-order valence-electron chi connectivity index (χ3n) is 6.79. The molecular formula is C23H27NO7. The maximum absolute atomic E-state index is 13.2. The molecule has 1 aromatic rings. The van der Waals surface area contributed by atoms with Gasteiger partial charge in [-0.25, -0.2) is 9.59 Å². The van der Waals surface area contributed by atoms with Crippen molar-refractivity contribution in [1.82, 2.24) is 4.90 Å². The summed E-state index contributed by atoms with van der Waals surface area (Å²) in [6, 6.07) is 7.64. The van der Waals surface area contributed by atoms with E-state index in [1.165, 1.54) is 12.0 Å². The highest BCUT2D eigenvalue weighted by Gasteiger charge is 2.70. The minimum Gasteiger partial charge on any atom is -0.467 e. The monoisotopic (exact) mass is 429 g/mol.